The third-order valence-electron chi connectivity index (χ3n) is 3.44. The zero-order valence-corrected chi connectivity index (χ0v) is 16.6. The Bertz CT molecular complexity index is 954. The lowest BCUT2D eigenvalue weighted by atomic mass is 10.2. The molecule has 9 nitrogen and oxygen atoms in total. The minimum absolute atomic E-state index is 0.0322. The van der Waals surface area contributed by atoms with Gasteiger partial charge in [-0.25, -0.2) is 4.79 Å². The highest BCUT2D eigenvalue weighted by molar-refractivity contribution is 6.45. The van der Waals surface area contributed by atoms with Crippen LogP contribution in [0.15, 0.2) is 45.0 Å². The first-order valence-corrected chi connectivity index (χ1v) is 8.42. The van der Waals surface area contributed by atoms with E-state index in [-0.39, 0.29) is 6.61 Å². The highest BCUT2D eigenvalue weighted by Gasteiger charge is 2.14. The van der Waals surface area contributed by atoms with Crippen molar-refractivity contribution in [1.82, 2.24) is 19.8 Å². The Morgan fingerprint density at radius 3 is 2.59 bits per heavy atom. The Morgan fingerprint density at radius 1 is 1.26 bits per heavy atom. The Kier molecular flexibility index (Phi) is 6.89. The Balaban J connectivity index is 2.28. The molecule has 0 aliphatic rings. The summed E-state index contributed by atoms with van der Waals surface area (Å²) in [4.78, 5) is 22.4. The van der Waals surface area contributed by atoms with E-state index in [2.05, 4.69) is 20.7 Å². The molecule has 0 aliphatic heterocycles. The van der Waals surface area contributed by atoms with Crippen molar-refractivity contribution in [3.63, 3.8) is 0 Å². The molecule has 0 saturated heterocycles. The number of nitrogens with zero attached hydrogens (tertiary/aromatic N) is 6. The molecule has 0 amide bonds. The van der Waals surface area contributed by atoms with Crippen molar-refractivity contribution in [2.75, 3.05) is 7.11 Å². The molecule has 2 aromatic rings. The van der Waals surface area contributed by atoms with E-state index >= 15 is 0 Å². The summed E-state index contributed by atoms with van der Waals surface area (Å²) in [5, 5.41) is 16.0. The molecule has 144 valence electrons. The topological polar surface area (TPSA) is 95.9 Å². The van der Waals surface area contributed by atoms with Gasteiger partial charge < -0.3 is 9.68 Å². The third kappa shape index (κ3) is 5.04. The summed E-state index contributed by atoms with van der Waals surface area (Å²) in [6.45, 7) is 5.66. The number of allylic oxidation sites excluding steroid dienone is 2. The zero-order valence-electron chi connectivity index (χ0n) is 15.8. The predicted octanol–water partition coefficient (Wildman–Crippen LogP) is 2.48. The molecule has 0 atom stereocenters. The molecule has 0 radical (unpaired) electrons. The van der Waals surface area contributed by atoms with Crippen LogP contribution in [0.3, 0.4) is 0 Å². The van der Waals surface area contributed by atoms with Crippen LogP contribution in [0, 0.1) is 0 Å². The number of hydrogen-bond donors (Lipinski definition) is 0. The average molecular weight is 393 g/mol. The normalized spacial score (nSPS) is 12.1. The molecule has 10 heteroatoms. The summed E-state index contributed by atoms with van der Waals surface area (Å²) in [7, 11) is 2.97. The van der Waals surface area contributed by atoms with Gasteiger partial charge in [0.15, 0.2) is 0 Å². The van der Waals surface area contributed by atoms with E-state index in [1.54, 1.807) is 25.1 Å². The lowest BCUT2D eigenvalue weighted by molar-refractivity contribution is 0.130. The van der Waals surface area contributed by atoms with Crippen LogP contribution in [0.2, 0.25) is 5.02 Å². The molecule has 2 rings (SSSR count). The smallest absolute Gasteiger partial charge is 0.368 e. The van der Waals surface area contributed by atoms with Gasteiger partial charge in [0, 0.05) is 17.6 Å². The number of halogens is 1. The van der Waals surface area contributed by atoms with Gasteiger partial charge in [0.25, 0.3) is 0 Å². The summed E-state index contributed by atoms with van der Waals surface area (Å²) in [5.41, 5.74) is 2.76. The maximum atomic E-state index is 12.1. The van der Waals surface area contributed by atoms with Gasteiger partial charge in [0.1, 0.15) is 25.1 Å². The van der Waals surface area contributed by atoms with Gasteiger partial charge in [-0.1, -0.05) is 33.6 Å². The molecule has 27 heavy (non-hydrogen) atoms. The van der Waals surface area contributed by atoms with Crippen molar-refractivity contribution in [3.05, 3.63) is 50.9 Å². The van der Waals surface area contributed by atoms with Crippen molar-refractivity contribution in [1.29, 1.82) is 0 Å². The summed E-state index contributed by atoms with van der Waals surface area (Å²) in [5.74, 6) is 0. The fourth-order valence-electron chi connectivity index (χ4n) is 2.16. The number of hydrogen-bond acceptors (Lipinski definition) is 7. The van der Waals surface area contributed by atoms with Crippen LogP contribution >= 0.6 is 11.6 Å². The molecular formula is C17H21ClN6O3. The van der Waals surface area contributed by atoms with Gasteiger partial charge in [-0.05, 0) is 49.4 Å². The quantitative estimate of drug-likeness (QED) is 0.532. The third-order valence-corrected chi connectivity index (χ3v) is 3.79. The number of tetrazole rings is 1. The van der Waals surface area contributed by atoms with E-state index < -0.39 is 5.69 Å². The summed E-state index contributed by atoms with van der Waals surface area (Å²) in [6, 6.07) is 5.12. The monoisotopic (exact) mass is 392 g/mol. The van der Waals surface area contributed by atoms with Gasteiger partial charge >= 0.3 is 5.69 Å². The van der Waals surface area contributed by atoms with Gasteiger partial charge in [-0.2, -0.15) is 9.36 Å². The molecule has 0 fully saturated rings. The predicted molar refractivity (Wildman–Crippen MR) is 103 cm³/mol. The van der Waals surface area contributed by atoms with E-state index in [1.165, 1.54) is 14.2 Å². The zero-order chi connectivity index (χ0) is 20.0. The van der Waals surface area contributed by atoms with E-state index in [1.807, 2.05) is 19.9 Å². The molecule has 0 bridgehead atoms. The Hall–Kier alpha value is -2.94. The van der Waals surface area contributed by atoms with Crippen molar-refractivity contribution in [3.8, 4) is 5.69 Å². The first kappa shape index (κ1) is 20.4. The van der Waals surface area contributed by atoms with E-state index in [4.69, 9.17) is 21.3 Å². The maximum absolute atomic E-state index is 12.1. The first-order valence-electron chi connectivity index (χ1n) is 8.05. The van der Waals surface area contributed by atoms with Crippen LogP contribution in [0.5, 0.6) is 0 Å². The molecule has 1 heterocycles. The van der Waals surface area contributed by atoms with Crippen molar-refractivity contribution < 1.29 is 9.68 Å². The van der Waals surface area contributed by atoms with Crippen molar-refractivity contribution in [2.45, 2.75) is 27.4 Å². The fourth-order valence-corrected chi connectivity index (χ4v) is 2.39. The first-order chi connectivity index (χ1) is 12.8. The number of rotatable bonds is 7. The number of aryl methyl sites for hydroxylation is 1. The van der Waals surface area contributed by atoms with E-state index in [0.717, 1.165) is 14.9 Å². The number of benzene rings is 1. The SMILES string of the molecule is CO/N=C(\C=C(C)C)C(C)=NOCc1c(Cl)cccc1-n1nnn(C)c1=O. The summed E-state index contributed by atoms with van der Waals surface area (Å²) in [6.07, 6.45) is 1.83. The van der Waals surface area contributed by atoms with Gasteiger partial charge in [0.05, 0.1) is 5.69 Å². The van der Waals surface area contributed by atoms with Crippen LogP contribution in [-0.4, -0.2) is 38.3 Å². The second-order valence-corrected chi connectivity index (χ2v) is 6.27. The summed E-state index contributed by atoms with van der Waals surface area (Å²) < 4.78 is 2.28. The fraction of sp³-hybridized carbons (Fsp3) is 0.353. The van der Waals surface area contributed by atoms with Crippen LogP contribution in [0.1, 0.15) is 26.3 Å². The van der Waals surface area contributed by atoms with Crippen LogP contribution in [0.25, 0.3) is 5.69 Å². The second kappa shape index (κ2) is 9.13. The standard InChI is InChI=1S/C17H21ClN6O3/c1-11(2)9-15(20-26-5)12(3)19-27-10-13-14(18)7-6-8-16(13)24-17(25)23(4)21-22-24/h6-9H,10H2,1-5H3/b19-12?,20-15+. The van der Waals surface area contributed by atoms with Crippen LogP contribution in [-0.2, 0) is 23.3 Å². The van der Waals surface area contributed by atoms with Crippen LogP contribution < -0.4 is 5.69 Å². The lowest BCUT2D eigenvalue weighted by Crippen LogP contribution is -2.23. The minimum Gasteiger partial charge on any atom is -0.399 e. The maximum Gasteiger partial charge on any atom is 0.368 e. The van der Waals surface area contributed by atoms with E-state index in [0.29, 0.717) is 27.7 Å². The number of aromatic nitrogens is 4. The van der Waals surface area contributed by atoms with Crippen LogP contribution in [0.4, 0.5) is 0 Å². The van der Waals surface area contributed by atoms with Crippen molar-refractivity contribution >= 4 is 23.0 Å². The van der Waals surface area contributed by atoms with Crippen molar-refractivity contribution in [2.24, 2.45) is 17.4 Å². The summed E-state index contributed by atoms with van der Waals surface area (Å²) >= 11 is 6.28. The molecular weight excluding hydrogens is 372 g/mol. The largest absolute Gasteiger partial charge is 0.399 e. The number of oxime groups is 2. The van der Waals surface area contributed by atoms with E-state index in [9.17, 15) is 4.79 Å². The van der Waals surface area contributed by atoms with Gasteiger partial charge in [-0.3, -0.25) is 0 Å². The molecule has 0 unspecified atom stereocenters. The second-order valence-electron chi connectivity index (χ2n) is 5.87. The molecule has 0 saturated carbocycles. The Morgan fingerprint density at radius 2 is 2.00 bits per heavy atom. The molecule has 1 aromatic heterocycles. The highest BCUT2D eigenvalue weighted by atomic mass is 35.5. The lowest BCUT2D eigenvalue weighted by Gasteiger charge is -2.09. The molecule has 0 spiro atoms. The average Bonchev–Trinajstić information content (AvgIpc) is 2.94. The minimum atomic E-state index is -0.392. The highest BCUT2D eigenvalue weighted by Crippen LogP contribution is 2.23. The molecule has 1 aromatic carbocycles. The Labute approximate surface area is 161 Å². The van der Waals surface area contributed by atoms with Gasteiger partial charge in [-0.15, -0.1) is 0 Å². The molecule has 0 aliphatic carbocycles. The van der Waals surface area contributed by atoms with Gasteiger partial charge in [0.2, 0.25) is 0 Å². The molecule has 0 N–H and O–H groups in total.